The molecule has 6 heteroatoms. The third-order valence-corrected chi connectivity index (χ3v) is 7.20. The lowest BCUT2D eigenvalue weighted by Crippen LogP contribution is -2.32. The molecular weight excluding hydrogens is 394 g/mol. The van der Waals surface area contributed by atoms with E-state index in [9.17, 15) is 4.79 Å². The maximum Gasteiger partial charge on any atom is 0.262 e. The first-order valence-corrected chi connectivity index (χ1v) is 11.9. The molecule has 3 aromatic rings. The molecule has 0 aliphatic heterocycles. The zero-order valence-corrected chi connectivity index (χ0v) is 19.1. The number of hydrogen-bond acceptors (Lipinski definition) is 5. The van der Waals surface area contributed by atoms with Gasteiger partial charge in [0.15, 0.2) is 0 Å². The van der Waals surface area contributed by atoms with Gasteiger partial charge >= 0.3 is 0 Å². The Balaban J connectivity index is 1.67. The summed E-state index contributed by atoms with van der Waals surface area (Å²) in [5, 5.41) is 0.855. The Labute approximate surface area is 182 Å². The topological polar surface area (TPSA) is 47.4 Å². The van der Waals surface area contributed by atoms with Crippen LogP contribution < -0.4 is 10.3 Å². The highest BCUT2D eigenvalue weighted by atomic mass is 32.1. The molecule has 0 radical (unpaired) electrons. The van der Waals surface area contributed by atoms with Crippen LogP contribution in [0.25, 0.3) is 10.2 Å². The van der Waals surface area contributed by atoms with E-state index in [2.05, 4.69) is 25.7 Å². The molecule has 0 saturated carbocycles. The lowest BCUT2D eigenvalue weighted by atomic mass is 9.97. The number of benzene rings is 1. The minimum Gasteiger partial charge on any atom is -0.492 e. The molecule has 30 heavy (non-hydrogen) atoms. The zero-order chi connectivity index (χ0) is 21.1. The fourth-order valence-corrected chi connectivity index (χ4v) is 5.44. The molecule has 1 aliphatic carbocycles. The van der Waals surface area contributed by atoms with Crippen molar-refractivity contribution in [3.05, 3.63) is 56.4 Å². The quantitative estimate of drug-likeness (QED) is 0.531. The lowest BCUT2D eigenvalue weighted by Gasteiger charge is -2.20. The summed E-state index contributed by atoms with van der Waals surface area (Å²) in [7, 11) is 0. The number of hydrogen-bond donors (Lipinski definition) is 0. The second kappa shape index (κ2) is 9.31. The van der Waals surface area contributed by atoms with Gasteiger partial charge in [0.25, 0.3) is 5.56 Å². The van der Waals surface area contributed by atoms with Crippen LogP contribution >= 0.6 is 11.3 Å². The van der Waals surface area contributed by atoms with Crippen LogP contribution in [0.1, 0.15) is 48.5 Å². The van der Waals surface area contributed by atoms with E-state index in [0.29, 0.717) is 19.7 Å². The maximum absolute atomic E-state index is 13.6. The van der Waals surface area contributed by atoms with Gasteiger partial charge in [-0.3, -0.25) is 14.3 Å². The van der Waals surface area contributed by atoms with Crippen LogP contribution in [0.2, 0.25) is 0 Å². The van der Waals surface area contributed by atoms with Crippen LogP contribution in [0.5, 0.6) is 5.75 Å². The van der Waals surface area contributed by atoms with Crippen LogP contribution in [0, 0.1) is 6.92 Å². The van der Waals surface area contributed by atoms with Gasteiger partial charge in [-0.2, -0.15) is 0 Å². The summed E-state index contributed by atoms with van der Waals surface area (Å²) in [6, 6.07) is 8.04. The highest BCUT2D eigenvalue weighted by molar-refractivity contribution is 7.18. The second-order valence-corrected chi connectivity index (χ2v) is 9.08. The molecular formula is C24H31N3O2S. The first kappa shape index (κ1) is 21.1. The van der Waals surface area contributed by atoms with Gasteiger partial charge < -0.3 is 4.74 Å². The molecule has 0 atom stereocenters. The number of fused-ring (bicyclic) bond motifs is 3. The van der Waals surface area contributed by atoms with E-state index in [-0.39, 0.29) is 5.56 Å². The highest BCUT2D eigenvalue weighted by Crippen LogP contribution is 2.33. The van der Waals surface area contributed by atoms with Crippen molar-refractivity contribution in [1.29, 1.82) is 0 Å². The van der Waals surface area contributed by atoms with E-state index in [1.807, 2.05) is 28.8 Å². The van der Waals surface area contributed by atoms with E-state index < -0.39 is 0 Å². The van der Waals surface area contributed by atoms with Gasteiger partial charge in [-0.05, 0) is 63.4 Å². The molecule has 1 aromatic carbocycles. The first-order chi connectivity index (χ1) is 14.6. The summed E-state index contributed by atoms with van der Waals surface area (Å²) in [6.45, 7) is 9.88. The molecule has 1 aliphatic rings. The second-order valence-electron chi connectivity index (χ2n) is 8.00. The van der Waals surface area contributed by atoms with Crippen LogP contribution in [0.4, 0.5) is 0 Å². The molecule has 0 bridgehead atoms. The Morgan fingerprint density at radius 2 is 1.87 bits per heavy atom. The predicted molar refractivity (Wildman–Crippen MR) is 124 cm³/mol. The van der Waals surface area contributed by atoms with Gasteiger partial charge in [-0.15, -0.1) is 11.3 Å². The predicted octanol–water partition coefficient (Wildman–Crippen LogP) is 4.57. The Morgan fingerprint density at radius 3 is 2.60 bits per heavy atom. The van der Waals surface area contributed by atoms with Crippen molar-refractivity contribution in [2.24, 2.45) is 0 Å². The van der Waals surface area contributed by atoms with Gasteiger partial charge in [0.05, 0.1) is 18.5 Å². The van der Waals surface area contributed by atoms with Crippen molar-refractivity contribution < 1.29 is 4.74 Å². The van der Waals surface area contributed by atoms with Gasteiger partial charge in [0.2, 0.25) is 0 Å². The highest BCUT2D eigenvalue weighted by Gasteiger charge is 2.22. The molecule has 0 spiro atoms. The Kier molecular flexibility index (Phi) is 6.54. The van der Waals surface area contributed by atoms with Crippen molar-refractivity contribution in [2.75, 3.05) is 19.7 Å². The van der Waals surface area contributed by atoms with Crippen molar-refractivity contribution in [1.82, 2.24) is 14.5 Å². The summed E-state index contributed by atoms with van der Waals surface area (Å²) >= 11 is 1.73. The fraction of sp³-hybridized carbons (Fsp3) is 0.500. The largest absolute Gasteiger partial charge is 0.492 e. The number of aryl methyl sites for hydroxylation is 3. The molecule has 2 aromatic heterocycles. The standard InChI is InChI=1S/C24H31N3O2S/c1-4-26(5-2)16-21-25-23-22(19-8-6-7-9-20(19)30-23)24(28)27(21)14-15-29-18-12-10-17(3)11-13-18/h10-13H,4-9,14-16H2,1-3H3. The molecule has 5 nitrogen and oxygen atoms in total. The number of nitrogens with zero attached hydrogens (tertiary/aromatic N) is 3. The SMILES string of the molecule is CCN(CC)Cc1nc2sc3c(c2c(=O)n1CCOc1ccc(C)cc1)CCCC3. The molecule has 160 valence electrons. The van der Waals surface area contributed by atoms with E-state index in [4.69, 9.17) is 9.72 Å². The van der Waals surface area contributed by atoms with Crippen LogP contribution in [-0.4, -0.2) is 34.1 Å². The molecule has 0 saturated heterocycles. The van der Waals surface area contributed by atoms with Crippen molar-refractivity contribution in [3.63, 3.8) is 0 Å². The Morgan fingerprint density at radius 1 is 1.13 bits per heavy atom. The van der Waals surface area contributed by atoms with Crippen LogP contribution in [-0.2, 0) is 25.9 Å². The summed E-state index contributed by atoms with van der Waals surface area (Å²) < 4.78 is 7.80. The zero-order valence-electron chi connectivity index (χ0n) is 18.2. The molecule has 4 rings (SSSR count). The van der Waals surface area contributed by atoms with E-state index in [0.717, 1.165) is 54.1 Å². The first-order valence-electron chi connectivity index (χ1n) is 11.1. The van der Waals surface area contributed by atoms with Crippen LogP contribution in [0.15, 0.2) is 29.1 Å². The minimum atomic E-state index is 0.106. The molecule has 0 amide bonds. The lowest BCUT2D eigenvalue weighted by molar-refractivity contribution is 0.266. The van der Waals surface area contributed by atoms with Gasteiger partial charge in [-0.1, -0.05) is 31.5 Å². The average Bonchev–Trinajstić information content (AvgIpc) is 3.13. The monoisotopic (exact) mass is 425 g/mol. The summed E-state index contributed by atoms with van der Waals surface area (Å²) in [5.74, 6) is 1.68. The summed E-state index contributed by atoms with van der Waals surface area (Å²) in [4.78, 5) is 23.2. The number of ether oxygens (including phenoxy) is 1. The third-order valence-electron chi connectivity index (χ3n) is 6.02. The molecule has 2 heterocycles. The average molecular weight is 426 g/mol. The maximum atomic E-state index is 13.6. The Bertz CT molecular complexity index is 1060. The number of rotatable bonds is 8. The fourth-order valence-electron chi connectivity index (χ4n) is 4.17. The smallest absolute Gasteiger partial charge is 0.262 e. The van der Waals surface area contributed by atoms with E-state index >= 15 is 0 Å². The van der Waals surface area contributed by atoms with Crippen molar-refractivity contribution in [3.8, 4) is 5.75 Å². The van der Waals surface area contributed by atoms with E-state index in [1.165, 1.54) is 22.4 Å². The number of aromatic nitrogens is 2. The van der Waals surface area contributed by atoms with Gasteiger partial charge in [0, 0.05) is 4.88 Å². The molecule has 0 N–H and O–H groups in total. The van der Waals surface area contributed by atoms with Crippen molar-refractivity contribution in [2.45, 2.75) is 59.5 Å². The summed E-state index contributed by atoms with van der Waals surface area (Å²) in [5.41, 5.74) is 2.56. The Hall–Kier alpha value is -2.18. The minimum absolute atomic E-state index is 0.106. The van der Waals surface area contributed by atoms with Gasteiger partial charge in [-0.25, -0.2) is 4.98 Å². The normalized spacial score (nSPS) is 13.7. The van der Waals surface area contributed by atoms with Crippen molar-refractivity contribution >= 4 is 21.6 Å². The third kappa shape index (κ3) is 4.30. The molecule has 0 unspecified atom stereocenters. The molecule has 0 fully saturated rings. The summed E-state index contributed by atoms with van der Waals surface area (Å²) in [6.07, 6.45) is 4.46. The van der Waals surface area contributed by atoms with E-state index in [1.54, 1.807) is 11.3 Å². The number of thiophene rings is 1. The van der Waals surface area contributed by atoms with Crippen LogP contribution in [0.3, 0.4) is 0 Å². The van der Waals surface area contributed by atoms with Gasteiger partial charge in [0.1, 0.15) is 23.0 Å².